The lowest BCUT2D eigenvalue weighted by atomic mass is 10.1. The molecule has 6 nitrogen and oxygen atoms in total. The van der Waals surface area contributed by atoms with E-state index in [1.54, 1.807) is 48.4 Å². The lowest BCUT2D eigenvalue weighted by Gasteiger charge is -2.32. The fourth-order valence-corrected chi connectivity index (χ4v) is 4.82. The second kappa shape index (κ2) is 11.7. The van der Waals surface area contributed by atoms with Crippen LogP contribution in [0.5, 0.6) is 5.75 Å². The number of rotatable bonds is 8. The van der Waals surface area contributed by atoms with Gasteiger partial charge in [-0.2, -0.15) is 0 Å². The molecule has 1 fully saturated rings. The minimum Gasteiger partial charge on any atom is -0.497 e. The van der Waals surface area contributed by atoms with Crippen LogP contribution in [0.2, 0.25) is 0 Å². The Kier molecular flexibility index (Phi) is 8.15. The average molecular weight is 492 g/mol. The standard InChI is InChI=1S/C27H26FN3O3S/c1-34-23-11-5-10-22(17-23)29-26(33)24-18-25(32)31(16-6-9-19-7-3-2-4-8-19)27(35-24)30-21-14-12-20(28)13-15-21/h2-5,7-8,10-15,17,24H,6,9,16,18H2,1H3,(H,29,33). The monoisotopic (exact) mass is 491 g/mol. The smallest absolute Gasteiger partial charge is 0.238 e. The third-order valence-electron chi connectivity index (χ3n) is 5.51. The Morgan fingerprint density at radius 1 is 1.11 bits per heavy atom. The van der Waals surface area contributed by atoms with Crippen molar-refractivity contribution in [1.82, 2.24) is 4.90 Å². The zero-order valence-corrected chi connectivity index (χ0v) is 20.1. The summed E-state index contributed by atoms with van der Waals surface area (Å²) in [4.78, 5) is 32.4. The maximum absolute atomic E-state index is 13.4. The second-order valence-corrected chi connectivity index (χ2v) is 9.21. The number of halogens is 1. The van der Waals surface area contributed by atoms with Crippen LogP contribution in [0, 0.1) is 5.82 Å². The van der Waals surface area contributed by atoms with Crippen LogP contribution in [-0.4, -0.2) is 40.8 Å². The van der Waals surface area contributed by atoms with Gasteiger partial charge in [0.25, 0.3) is 0 Å². The molecule has 0 spiro atoms. The molecule has 0 bridgehead atoms. The van der Waals surface area contributed by atoms with Crippen molar-refractivity contribution in [3.05, 3.63) is 90.2 Å². The number of ether oxygens (including phenoxy) is 1. The number of anilines is 1. The van der Waals surface area contributed by atoms with Crippen LogP contribution < -0.4 is 10.1 Å². The number of aryl methyl sites for hydroxylation is 1. The molecule has 3 aromatic rings. The molecule has 0 saturated carbocycles. The lowest BCUT2D eigenvalue weighted by Crippen LogP contribution is -2.45. The molecule has 4 rings (SSSR count). The van der Waals surface area contributed by atoms with Crippen molar-refractivity contribution in [2.75, 3.05) is 19.0 Å². The van der Waals surface area contributed by atoms with Gasteiger partial charge in [-0.25, -0.2) is 9.38 Å². The third-order valence-corrected chi connectivity index (χ3v) is 6.70. The van der Waals surface area contributed by atoms with E-state index >= 15 is 0 Å². The van der Waals surface area contributed by atoms with Crippen molar-refractivity contribution in [2.45, 2.75) is 24.5 Å². The van der Waals surface area contributed by atoms with Crippen molar-refractivity contribution >= 4 is 40.1 Å². The Hall–Kier alpha value is -3.65. The minimum absolute atomic E-state index is 0.0637. The molecule has 0 aromatic heterocycles. The second-order valence-electron chi connectivity index (χ2n) is 8.04. The number of aliphatic imine (C=N–C) groups is 1. The number of thioether (sulfide) groups is 1. The van der Waals surface area contributed by atoms with Gasteiger partial charge < -0.3 is 10.1 Å². The first kappa shape index (κ1) is 24.5. The van der Waals surface area contributed by atoms with Crippen LogP contribution in [0.15, 0.2) is 83.9 Å². The fourth-order valence-electron chi connectivity index (χ4n) is 3.70. The predicted octanol–water partition coefficient (Wildman–Crippen LogP) is 5.43. The van der Waals surface area contributed by atoms with E-state index in [1.807, 2.05) is 18.2 Å². The molecule has 8 heteroatoms. The normalized spacial score (nSPS) is 16.9. The highest BCUT2D eigenvalue weighted by Crippen LogP contribution is 2.30. The van der Waals surface area contributed by atoms with Crippen molar-refractivity contribution in [1.29, 1.82) is 0 Å². The van der Waals surface area contributed by atoms with Crippen molar-refractivity contribution in [3.8, 4) is 5.75 Å². The number of hydrogen-bond acceptors (Lipinski definition) is 5. The molecule has 1 atom stereocenters. The van der Waals surface area contributed by atoms with Gasteiger partial charge in [-0.1, -0.05) is 48.2 Å². The SMILES string of the molecule is COc1cccc(NC(=O)C2CC(=O)N(CCCc3ccccc3)C(=Nc3ccc(F)cc3)S2)c1. The van der Waals surface area contributed by atoms with Gasteiger partial charge in [-0.15, -0.1) is 0 Å². The first-order valence-corrected chi connectivity index (χ1v) is 12.2. The summed E-state index contributed by atoms with van der Waals surface area (Å²) < 4.78 is 18.6. The van der Waals surface area contributed by atoms with E-state index in [4.69, 9.17) is 4.74 Å². The van der Waals surface area contributed by atoms with Gasteiger partial charge in [0.15, 0.2) is 5.17 Å². The van der Waals surface area contributed by atoms with Crippen molar-refractivity contribution < 1.29 is 18.7 Å². The van der Waals surface area contributed by atoms with Crippen molar-refractivity contribution in [3.63, 3.8) is 0 Å². The van der Waals surface area contributed by atoms with E-state index in [0.717, 1.165) is 12.8 Å². The first-order chi connectivity index (χ1) is 17.0. The molecule has 1 saturated heterocycles. The quantitative estimate of drug-likeness (QED) is 0.456. The molecular weight excluding hydrogens is 465 g/mol. The Morgan fingerprint density at radius 2 is 1.89 bits per heavy atom. The van der Waals surface area contributed by atoms with E-state index in [1.165, 1.54) is 29.5 Å². The van der Waals surface area contributed by atoms with Crippen LogP contribution in [0.4, 0.5) is 15.8 Å². The average Bonchev–Trinajstić information content (AvgIpc) is 2.87. The summed E-state index contributed by atoms with van der Waals surface area (Å²) in [7, 11) is 1.56. The Labute approximate surface area is 208 Å². The van der Waals surface area contributed by atoms with Gasteiger partial charge in [0.05, 0.1) is 12.8 Å². The molecule has 1 N–H and O–H groups in total. The molecule has 1 unspecified atom stereocenters. The maximum Gasteiger partial charge on any atom is 0.238 e. The van der Waals surface area contributed by atoms with Crippen molar-refractivity contribution in [2.24, 2.45) is 4.99 Å². The molecule has 0 aliphatic carbocycles. The highest BCUT2D eigenvalue weighted by Gasteiger charge is 2.35. The van der Waals surface area contributed by atoms with Crippen LogP contribution >= 0.6 is 11.8 Å². The Balaban J connectivity index is 1.50. The molecule has 2 amide bonds. The summed E-state index contributed by atoms with van der Waals surface area (Å²) in [5.74, 6) is -0.189. The number of nitrogens with zero attached hydrogens (tertiary/aromatic N) is 2. The first-order valence-electron chi connectivity index (χ1n) is 11.3. The molecule has 1 heterocycles. The lowest BCUT2D eigenvalue weighted by molar-refractivity contribution is -0.129. The number of carbonyl (C=O) groups is 2. The molecular formula is C27H26FN3O3S. The molecule has 180 valence electrons. The topological polar surface area (TPSA) is 71.0 Å². The maximum atomic E-state index is 13.4. The van der Waals surface area contributed by atoms with Gasteiger partial charge in [-0.05, 0) is 54.8 Å². The van der Waals surface area contributed by atoms with Crippen LogP contribution in [-0.2, 0) is 16.0 Å². The highest BCUT2D eigenvalue weighted by molar-refractivity contribution is 8.15. The van der Waals surface area contributed by atoms with Gasteiger partial charge >= 0.3 is 0 Å². The van der Waals surface area contributed by atoms with E-state index in [2.05, 4.69) is 22.4 Å². The third kappa shape index (κ3) is 6.70. The molecule has 1 aliphatic rings. The molecule has 35 heavy (non-hydrogen) atoms. The van der Waals surface area contributed by atoms with Crippen LogP contribution in [0.25, 0.3) is 0 Å². The zero-order valence-electron chi connectivity index (χ0n) is 19.3. The largest absolute Gasteiger partial charge is 0.497 e. The summed E-state index contributed by atoms with van der Waals surface area (Å²) >= 11 is 1.24. The molecule has 0 radical (unpaired) electrons. The summed E-state index contributed by atoms with van der Waals surface area (Å²) in [6, 6.07) is 22.9. The summed E-state index contributed by atoms with van der Waals surface area (Å²) in [5.41, 5.74) is 2.30. The summed E-state index contributed by atoms with van der Waals surface area (Å²) in [6.07, 6.45) is 1.63. The molecule has 1 aliphatic heterocycles. The van der Waals surface area contributed by atoms with Gasteiger partial charge in [-0.3, -0.25) is 14.5 Å². The predicted molar refractivity (Wildman–Crippen MR) is 138 cm³/mol. The number of hydrogen-bond donors (Lipinski definition) is 1. The van der Waals surface area contributed by atoms with E-state index in [0.29, 0.717) is 28.8 Å². The fraction of sp³-hybridized carbons (Fsp3) is 0.222. The van der Waals surface area contributed by atoms with E-state index in [-0.39, 0.29) is 24.1 Å². The van der Waals surface area contributed by atoms with Gasteiger partial charge in [0, 0.05) is 24.7 Å². The number of carbonyl (C=O) groups excluding carboxylic acids is 2. The Bertz CT molecular complexity index is 1200. The summed E-state index contributed by atoms with van der Waals surface area (Å²) in [6.45, 7) is 0.477. The number of benzene rings is 3. The van der Waals surface area contributed by atoms with Gasteiger partial charge in [0.1, 0.15) is 16.8 Å². The van der Waals surface area contributed by atoms with E-state index < -0.39 is 5.25 Å². The number of amidine groups is 1. The highest BCUT2D eigenvalue weighted by atomic mass is 32.2. The van der Waals surface area contributed by atoms with E-state index in [9.17, 15) is 14.0 Å². The molecule has 3 aromatic carbocycles. The zero-order chi connectivity index (χ0) is 24.6. The number of amides is 2. The van der Waals surface area contributed by atoms with Crippen LogP contribution in [0.1, 0.15) is 18.4 Å². The number of nitrogens with one attached hydrogen (secondary N) is 1. The summed E-state index contributed by atoms with van der Waals surface area (Å²) in [5, 5.41) is 2.66. The minimum atomic E-state index is -0.640. The van der Waals surface area contributed by atoms with Gasteiger partial charge in [0.2, 0.25) is 11.8 Å². The number of methoxy groups -OCH3 is 1. The van der Waals surface area contributed by atoms with Crippen LogP contribution in [0.3, 0.4) is 0 Å². The Morgan fingerprint density at radius 3 is 2.63 bits per heavy atom.